The van der Waals surface area contributed by atoms with Gasteiger partial charge in [-0.2, -0.15) is 5.10 Å². The van der Waals surface area contributed by atoms with Gasteiger partial charge in [-0.15, -0.1) is 0 Å². The molecule has 2 bridgehead atoms. The molecule has 1 aliphatic carbocycles. The number of aromatic nitrogens is 4. The summed E-state index contributed by atoms with van der Waals surface area (Å²) in [4.78, 5) is 32.2. The third kappa shape index (κ3) is 4.11. The zero-order valence-corrected chi connectivity index (χ0v) is 22.0. The molecule has 11 heteroatoms. The van der Waals surface area contributed by atoms with Crippen molar-refractivity contribution in [2.24, 2.45) is 7.05 Å². The number of anilines is 2. The minimum atomic E-state index is -0.560. The van der Waals surface area contributed by atoms with Crippen LogP contribution in [0.1, 0.15) is 49.7 Å². The van der Waals surface area contributed by atoms with Crippen molar-refractivity contribution in [3.63, 3.8) is 0 Å². The molecular weight excluding hydrogens is 489 g/mol. The molecule has 10 nitrogen and oxygen atoms in total. The molecule has 0 radical (unpaired) electrons. The zero-order chi connectivity index (χ0) is 27.0. The van der Waals surface area contributed by atoms with Crippen molar-refractivity contribution in [1.82, 2.24) is 24.5 Å². The molecule has 1 aromatic carbocycles. The Labute approximate surface area is 218 Å². The first-order valence-corrected chi connectivity index (χ1v) is 12.6. The Morgan fingerprint density at radius 3 is 2.68 bits per heavy atom. The van der Waals surface area contributed by atoms with E-state index >= 15 is 0 Å². The predicted molar refractivity (Wildman–Crippen MR) is 141 cm³/mol. The van der Waals surface area contributed by atoms with E-state index in [-0.39, 0.29) is 23.1 Å². The van der Waals surface area contributed by atoms with E-state index in [2.05, 4.69) is 25.6 Å². The average molecular weight is 520 g/mol. The molecule has 2 aliphatic heterocycles. The molecule has 2 N–H and O–H groups in total. The fourth-order valence-electron chi connectivity index (χ4n) is 5.68. The first-order valence-electron chi connectivity index (χ1n) is 12.6. The molecule has 3 aromatic heterocycles. The van der Waals surface area contributed by atoms with Crippen molar-refractivity contribution in [1.29, 1.82) is 0 Å². The maximum absolute atomic E-state index is 14.5. The minimum Gasteiger partial charge on any atom is -0.444 e. The van der Waals surface area contributed by atoms with Crippen molar-refractivity contribution < 1.29 is 18.7 Å². The highest BCUT2D eigenvalue weighted by Crippen LogP contribution is 2.48. The molecule has 38 heavy (non-hydrogen) atoms. The number of nitrogens with zero attached hydrogens (tertiary/aromatic N) is 5. The third-order valence-electron chi connectivity index (χ3n) is 7.14. The summed E-state index contributed by atoms with van der Waals surface area (Å²) in [5.74, 6) is -0.902. The largest absolute Gasteiger partial charge is 0.444 e. The standard InChI is InChI=1S/C27H30FN7O3/c1-15-11-34-12-16(8-20(28)23(34)29-15)30-24(36)18-6-7-21(19-13-33(5)32-22(18)19)35-14-27(9-17(35)10-27)31-25(37)38-26(2,3)4/h6-8,11-13,17H,9-10,14H2,1-5H3,(H,30,36)(H,31,37). The van der Waals surface area contributed by atoms with E-state index in [0.29, 0.717) is 29.0 Å². The highest BCUT2D eigenvalue weighted by Gasteiger charge is 2.56. The Bertz CT molecular complexity index is 1610. The van der Waals surface area contributed by atoms with Crippen LogP contribution in [0.4, 0.5) is 20.6 Å². The van der Waals surface area contributed by atoms with E-state index in [9.17, 15) is 14.0 Å². The third-order valence-corrected chi connectivity index (χ3v) is 7.14. The molecule has 5 heterocycles. The molecule has 7 rings (SSSR count). The summed E-state index contributed by atoms with van der Waals surface area (Å²) in [6.45, 7) is 7.97. The molecule has 0 spiro atoms. The number of benzene rings is 1. The molecule has 2 saturated heterocycles. The van der Waals surface area contributed by atoms with Gasteiger partial charge >= 0.3 is 6.09 Å². The van der Waals surface area contributed by atoms with Gasteiger partial charge in [0.25, 0.3) is 5.91 Å². The summed E-state index contributed by atoms with van der Waals surface area (Å²) in [5.41, 5.74) is 2.23. The molecular formula is C27H30FN7O3. The van der Waals surface area contributed by atoms with Gasteiger partial charge in [0, 0.05) is 55.4 Å². The Morgan fingerprint density at radius 1 is 1.18 bits per heavy atom. The molecule has 3 fully saturated rings. The minimum absolute atomic E-state index is 0.208. The van der Waals surface area contributed by atoms with Crippen molar-refractivity contribution >= 4 is 39.9 Å². The second-order valence-corrected chi connectivity index (χ2v) is 11.4. The summed E-state index contributed by atoms with van der Waals surface area (Å²) >= 11 is 0. The molecule has 0 atom stereocenters. The summed E-state index contributed by atoms with van der Waals surface area (Å²) in [5, 5.41) is 11.3. The van der Waals surface area contributed by atoms with Crippen LogP contribution < -0.4 is 15.5 Å². The summed E-state index contributed by atoms with van der Waals surface area (Å²) < 4.78 is 23.2. The Morgan fingerprint density at radius 2 is 1.95 bits per heavy atom. The van der Waals surface area contributed by atoms with Crippen LogP contribution in [-0.2, 0) is 11.8 Å². The van der Waals surface area contributed by atoms with Gasteiger partial charge in [-0.3, -0.25) is 9.48 Å². The average Bonchev–Trinajstić information content (AvgIpc) is 3.51. The van der Waals surface area contributed by atoms with Gasteiger partial charge in [-0.25, -0.2) is 14.2 Å². The van der Waals surface area contributed by atoms with Crippen molar-refractivity contribution in [3.05, 3.63) is 53.9 Å². The number of hydrogen-bond acceptors (Lipinski definition) is 6. The maximum atomic E-state index is 14.5. The van der Waals surface area contributed by atoms with Gasteiger partial charge in [-0.05, 0) is 52.7 Å². The molecule has 2 amide bonds. The SMILES string of the molecule is Cc1cn2cc(NC(=O)c3ccc(N4CC5(NC(=O)OC(C)(C)C)CC4C5)c4cn(C)nc34)cc(F)c2n1. The number of amides is 2. The highest BCUT2D eigenvalue weighted by atomic mass is 19.1. The quantitative estimate of drug-likeness (QED) is 0.419. The summed E-state index contributed by atoms with van der Waals surface area (Å²) in [6.07, 6.45) is 6.48. The van der Waals surface area contributed by atoms with Crippen LogP contribution >= 0.6 is 0 Å². The topological polar surface area (TPSA) is 106 Å². The number of aryl methyl sites for hydroxylation is 2. The van der Waals surface area contributed by atoms with E-state index in [0.717, 1.165) is 23.9 Å². The number of halogens is 1. The second kappa shape index (κ2) is 8.17. The Balaban J connectivity index is 1.26. The van der Waals surface area contributed by atoms with Crippen LogP contribution in [0.3, 0.4) is 0 Å². The number of pyridine rings is 1. The molecule has 1 saturated carbocycles. The number of ether oxygens (including phenoxy) is 1. The lowest BCUT2D eigenvalue weighted by molar-refractivity contribution is 0.0427. The van der Waals surface area contributed by atoms with Crippen LogP contribution in [0.15, 0.2) is 36.8 Å². The number of alkyl carbamates (subject to hydrolysis) is 1. The number of carbonyl (C=O) groups is 2. The molecule has 198 valence electrons. The Hall–Kier alpha value is -4.15. The van der Waals surface area contributed by atoms with E-state index in [1.807, 2.05) is 40.1 Å². The zero-order valence-electron chi connectivity index (χ0n) is 22.0. The van der Waals surface area contributed by atoms with Crippen LogP contribution in [0.5, 0.6) is 0 Å². The maximum Gasteiger partial charge on any atom is 0.408 e. The highest BCUT2D eigenvalue weighted by molar-refractivity contribution is 6.14. The van der Waals surface area contributed by atoms with Gasteiger partial charge in [0.2, 0.25) is 0 Å². The fraction of sp³-hybridized carbons (Fsp3) is 0.407. The fourth-order valence-corrected chi connectivity index (χ4v) is 5.68. The number of rotatable bonds is 4. The number of fused-ring (bicyclic) bond motifs is 3. The lowest BCUT2D eigenvalue weighted by Gasteiger charge is -2.38. The molecule has 0 unspecified atom stereocenters. The Kier molecular flexibility index (Phi) is 5.21. The summed E-state index contributed by atoms with van der Waals surface area (Å²) in [6, 6.07) is 5.21. The first-order chi connectivity index (χ1) is 17.9. The monoisotopic (exact) mass is 519 g/mol. The molecule has 4 aromatic rings. The van der Waals surface area contributed by atoms with Crippen molar-refractivity contribution in [2.75, 3.05) is 16.8 Å². The second-order valence-electron chi connectivity index (χ2n) is 11.4. The number of hydrogen-bond donors (Lipinski definition) is 2. The van der Waals surface area contributed by atoms with Crippen molar-refractivity contribution in [2.45, 2.75) is 57.7 Å². The van der Waals surface area contributed by atoms with Crippen molar-refractivity contribution in [3.8, 4) is 0 Å². The number of nitrogens with one attached hydrogen (secondary N) is 2. The van der Waals surface area contributed by atoms with E-state index < -0.39 is 17.5 Å². The number of imidazole rings is 1. The van der Waals surface area contributed by atoms with Crippen LogP contribution in [0.25, 0.3) is 16.6 Å². The van der Waals surface area contributed by atoms with Gasteiger partial charge < -0.3 is 24.7 Å². The van der Waals surface area contributed by atoms with Crippen LogP contribution in [-0.4, -0.2) is 54.9 Å². The smallest absolute Gasteiger partial charge is 0.408 e. The predicted octanol–water partition coefficient (Wildman–Crippen LogP) is 4.17. The lowest BCUT2D eigenvalue weighted by atomic mass is 9.78. The van der Waals surface area contributed by atoms with Gasteiger partial charge in [0.15, 0.2) is 11.5 Å². The van der Waals surface area contributed by atoms with Crippen LogP contribution in [0.2, 0.25) is 0 Å². The van der Waals surface area contributed by atoms with E-state index in [1.54, 1.807) is 34.5 Å². The van der Waals surface area contributed by atoms with Gasteiger partial charge in [0.1, 0.15) is 11.1 Å². The summed E-state index contributed by atoms with van der Waals surface area (Å²) in [7, 11) is 1.81. The van der Waals surface area contributed by atoms with Crippen LogP contribution in [0, 0.1) is 12.7 Å². The van der Waals surface area contributed by atoms with Gasteiger partial charge in [-0.1, -0.05) is 0 Å². The number of carbonyl (C=O) groups excluding carboxylic acids is 2. The van der Waals surface area contributed by atoms with E-state index in [1.165, 1.54) is 6.07 Å². The normalized spacial score (nSPS) is 20.6. The first kappa shape index (κ1) is 24.2. The van der Waals surface area contributed by atoms with Gasteiger partial charge in [0.05, 0.1) is 22.5 Å². The molecule has 3 aliphatic rings. The lowest BCUT2D eigenvalue weighted by Crippen LogP contribution is -2.55. The van der Waals surface area contributed by atoms with E-state index in [4.69, 9.17) is 4.74 Å².